The molecule has 0 bridgehead atoms. The van der Waals surface area contributed by atoms with Gasteiger partial charge in [0.2, 0.25) is 0 Å². The lowest BCUT2D eigenvalue weighted by molar-refractivity contribution is -0.123. The molecule has 0 fully saturated rings. The number of nitrogens with two attached hydrogens (primary N) is 1. The molecule has 308 valence electrons. The summed E-state index contributed by atoms with van der Waals surface area (Å²) in [6, 6.07) is 16.9. The first kappa shape index (κ1) is 45.5. The Morgan fingerprint density at radius 1 is 0.966 bits per heavy atom. The number of unbranched alkanes of at least 4 members (excludes halogenated alkanes) is 2. The molecular formula is C46H54IN3O6S2. The third kappa shape index (κ3) is 10.6. The lowest BCUT2D eigenvalue weighted by atomic mass is 9.96. The highest BCUT2D eigenvalue weighted by molar-refractivity contribution is 14.0. The quantitative estimate of drug-likeness (QED) is 0.0572. The fourth-order valence-electron chi connectivity index (χ4n) is 7.58. The zero-order valence-corrected chi connectivity index (χ0v) is 37.6. The van der Waals surface area contributed by atoms with Crippen molar-refractivity contribution in [1.82, 2.24) is 9.88 Å². The Kier molecular flexibility index (Phi) is 17.0. The maximum absolute atomic E-state index is 13.6. The second-order valence-electron chi connectivity index (χ2n) is 14.9. The molecule has 0 saturated heterocycles. The van der Waals surface area contributed by atoms with Gasteiger partial charge in [0.05, 0.1) is 23.8 Å². The van der Waals surface area contributed by atoms with Gasteiger partial charge in [0.15, 0.2) is 11.6 Å². The number of aromatic nitrogens is 1. The zero-order valence-electron chi connectivity index (χ0n) is 33.6. The van der Waals surface area contributed by atoms with Gasteiger partial charge in [0.25, 0.3) is 5.91 Å². The molecule has 3 N–H and O–H groups in total. The molecule has 7 rings (SSSR count). The number of hydrogen-bond donors (Lipinski definition) is 2. The number of Topliss-reactive ketones (excluding diaryl/α,β-unsaturated/α-hetero) is 2. The van der Waals surface area contributed by atoms with Crippen LogP contribution in [0, 0.1) is 0 Å². The molecule has 12 heteroatoms. The van der Waals surface area contributed by atoms with Gasteiger partial charge in [0.1, 0.15) is 18.9 Å². The average Bonchev–Trinajstić information content (AvgIpc) is 3.30. The molecule has 1 aliphatic heterocycles. The van der Waals surface area contributed by atoms with Gasteiger partial charge in [-0.3, -0.25) is 19.2 Å². The Hall–Kier alpha value is -3.56. The van der Waals surface area contributed by atoms with Crippen molar-refractivity contribution in [1.29, 1.82) is 0 Å². The highest BCUT2D eigenvalue weighted by atomic mass is 127. The van der Waals surface area contributed by atoms with Crippen LogP contribution in [0.1, 0.15) is 128 Å². The SMILES string of the molecule is CCCCSC1=CC2=C(CC1)C(=O)C(c1ccc3c(n1)=C(N)CCCC=3CN1COCc3ccccc3C1=O)C2=O.CCCCSc1ccc(C=O)c(C(C)O)c1.I. The molecule has 2 atom stereocenters. The first-order valence-corrected chi connectivity index (χ1v) is 22.1. The van der Waals surface area contributed by atoms with Crippen LogP contribution in [0.25, 0.3) is 11.3 Å². The summed E-state index contributed by atoms with van der Waals surface area (Å²) in [4.78, 5) is 60.1. The molecule has 58 heavy (non-hydrogen) atoms. The number of aliphatic hydroxyl groups is 1. The molecule has 0 radical (unpaired) electrons. The van der Waals surface area contributed by atoms with E-state index in [-0.39, 0.29) is 48.2 Å². The van der Waals surface area contributed by atoms with E-state index in [4.69, 9.17) is 15.5 Å². The number of rotatable bonds is 13. The van der Waals surface area contributed by atoms with Gasteiger partial charge in [-0.1, -0.05) is 57.0 Å². The predicted molar refractivity (Wildman–Crippen MR) is 243 cm³/mol. The summed E-state index contributed by atoms with van der Waals surface area (Å²) < 4.78 is 5.84. The smallest absolute Gasteiger partial charge is 0.256 e. The third-order valence-corrected chi connectivity index (χ3v) is 13.0. The van der Waals surface area contributed by atoms with Crippen LogP contribution in [0.5, 0.6) is 0 Å². The molecule has 2 heterocycles. The highest BCUT2D eigenvalue weighted by Gasteiger charge is 2.43. The number of fused-ring (bicyclic) bond motifs is 2. The average molecular weight is 936 g/mol. The van der Waals surface area contributed by atoms with Crippen molar-refractivity contribution >= 4 is 82.5 Å². The number of amides is 1. The highest BCUT2D eigenvalue weighted by Crippen LogP contribution is 2.41. The summed E-state index contributed by atoms with van der Waals surface area (Å²) in [6.45, 7) is 7.01. The van der Waals surface area contributed by atoms with Gasteiger partial charge in [-0.05, 0) is 115 Å². The molecule has 9 nitrogen and oxygen atoms in total. The van der Waals surface area contributed by atoms with Crippen LogP contribution in [0.2, 0.25) is 0 Å². The number of pyridine rings is 1. The number of ketones is 2. The van der Waals surface area contributed by atoms with Crippen molar-refractivity contribution < 1.29 is 29.0 Å². The topological polar surface area (TPSA) is 140 Å². The van der Waals surface area contributed by atoms with Gasteiger partial charge in [-0.25, -0.2) is 4.98 Å². The Morgan fingerprint density at radius 2 is 1.72 bits per heavy atom. The summed E-state index contributed by atoms with van der Waals surface area (Å²) in [5.41, 5.74) is 12.7. The molecule has 1 aromatic heterocycles. The van der Waals surface area contributed by atoms with Crippen LogP contribution in [0.3, 0.4) is 0 Å². The number of carbonyl (C=O) groups excluding carboxylic acids is 4. The first-order valence-electron chi connectivity index (χ1n) is 20.1. The van der Waals surface area contributed by atoms with Crippen LogP contribution < -0.4 is 16.3 Å². The molecule has 3 aliphatic carbocycles. The number of allylic oxidation sites excluding steroid dienone is 4. The normalized spacial score (nSPS) is 18.2. The van der Waals surface area contributed by atoms with Gasteiger partial charge < -0.3 is 20.5 Å². The minimum absolute atomic E-state index is 0. The zero-order chi connectivity index (χ0) is 40.5. The van der Waals surface area contributed by atoms with Gasteiger partial charge >= 0.3 is 0 Å². The van der Waals surface area contributed by atoms with E-state index in [0.717, 1.165) is 76.7 Å². The number of hydrogen-bond acceptors (Lipinski definition) is 10. The number of benzene rings is 2. The number of thioether (sulfide) groups is 2. The molecule has 1 amide bonds. The Morgan fingerprint density at radius 3 is 2.47 bits per heavy atom. The molecule has 3 aromatic rings. The van der Waals surface area contributed by atoms with Crippen molar-refractivity contribution in [3.05, 3.63) is 115 Å². The largest absolute Gasteiger partial charge is 0.400 e. The van der Waals surface area contributed by atoms with Crippen molar-refractivity contribution in [3.63, 3.8) is 0 Å². The number of ether oxygens (including phenoxy) is 1. The standard InChI is InChI=1S/C33H35N3O4S.C13H18O2S.HI/c1-2-3-15-41-22-11-12-25-26(16-22)32(38)29(31(25)37)28-14-13-23-20(8-6-10-27(34)30(23)35-28)17-36-19-40-18-21-7-4-5-9-24(21)33(36)39;1-3-4-7-16-12-6-5-11(9-14)13(8-12)10(2)15;/h4-5,7,9,13-14,16,29H,2-3,6,8,10-12,15,17-19,34H2,1H3;5-6,8-10,15H,3-4,7H2,1-2H3;1H. The van der Waals surface area contributed by atoms with Crippen LogP contribution in [0.15, 0.2) is 81.6 Å². The maximum Gasteiger partial charge on any atom is 0.256 e. The molecule has 4 aliphatic rings. The number of halogens is 1. The summed E-state index contributed by atoms with van der Waals surface area (Å²) in [7, 11) is 0. The molecule has 2 aromatic carbocycles. The molecule has 2 unspecified atom stereocenters. The fraction of sp³-hybridized carbons (Fsp3) is 0.413. The molecule has 0 saturated carbocycles. The number of aliphatic hydroxyl groups excluding tert-OH is 1. The monoisotopic (exact) mass is 935 g/mol. The van der Waals surface area contributed by atoms with E-state index in [1.165, 1.54) is 17.7 Å². The fourth-order valence-corrected chi connectivity index (χ4v) is 9.76. The minimum atomic E-state index is -0.918. The Balaban J connectivity index is 0.000000319. The minimum Gasteiger partial charge on any atom is -0.400 e. The first-order chi connectivity index (χ1) is 27.6. The summed E-state index contributed by atoms with van der Waals surface area (Å²) in [6.07, 6.45) is 10.4. The summed E-state index contributed by atoms with van der Waals surface area (Å²) >= 11 is 3.56. The van der Waals surface area contributed by atoms with E-state index in [2.05, 4.69) is 13.8 Å². The Labute approximate surface area is 367 Å². The second kappa shape index (κ2) is 21.6. The van der Waals surface area contributed by atoms with E-state index in [1.54, 1.807) is 47.5 Å². The van der Waals surface area contributed by atoms with E-state index >= 15 is 0 Å². The van der Waals surface area contributed by atoms with Gasteiger partial charge in [-0.2, -0.15) is 0 Å². The van der Waals surface area contributed by atoms with E-state index in [0.29, 0.717) is 65.0 Å². The summed E-state index contributed by atoms with van der Waals surface area (Å²) in [5.74, 6) is 0.839. The Bertz CT molecular complexity index is 2220. The molecule has 0 spiro atoms. The van der Waals surface area contributed by atoms with E-state index < -0.39 is 12.0 Å². The summed E-state index contributed by atoms with van der Waals surface area (Å²) in [5, 5.41) is 11.1. The van der Waals surface area contributed by atoms with Crippen LogP contribution >= 0.6 is 47.5 Å². The maximum atomic E-state index is 13.6. The van der Waals surface area contributed by atoms with Crippen LogP contribution in [-0.4, -0.2) is 63.5 Å². The van der Waals surface area contributed by atoms with Gasteiger partial charge in [0, 0.05) is 44.6 Å². The third-order valence-electron chi connectivity index (χ3n) is 10.8. The lowest BCUT2D eigenvalue weighted by Crippen LogP contribution is -2.39. The lowest BCUT2D eigenvalue weighted by Gasteiger charge is -2.22. The van der Waals surface area contributed by atoms with Crippen molar-refractivity contribution in [2.75, 3.05) is 24.8 Å². The predicted octanol–water partition coefficient (Wildman–Crippen LogP) is 7.92. The molecular weight excluding hydrogens is 882 g/mol. The van der Waals surface area contributed by atoms with E-state index in [9.17, 15) is 24.3 Å². The van der Waals surface area contributed by atoms with Crippen molar-refractivity contribution in [2.45, 2.75) is 102 Å². The van der Waals surface area contributed by atoms with Gasteiger partial charge in [-0.15, -0.1) is 47.5 Å². The van der Waals surface area contributed by atoms with Crippen LogP contribution in [-0.2, 0) is 20.9 Å². The number of nitrogens with zero attached hydrogens (tertiary/aromatic N) is 2. The number of aldehydes is 1. The van der Waals surface area contributed by atoms with Crippen molar-refractivity contribution in [3.8, 4) is 0 Å². The number of carbonyl (C=O) groups is 4. The second-order valence-corrected chi connectivity index (χ2v) is 17.3. The van der Waals surface area contributed by atoms with Crippen molar-refractivity contribution in [2.24, 2.45) is 5.73 Å². The van der Waals surface area contributed by atoms with Crippen LogP contribution in [0.4, 0.5) is 0 Å². The van der Waals surface area contributed by atoms with E-state index in [1.807, 2.05) is 48.5 Å².